The Hall–Kier alpha value is 0.270. The van der Waals surface area contributed by atoms with E-state index >= 15 is 0 Å². The molecular formula is C11H25NOS. The predicted octanol–water partition coefficient (Wildman–Crippen LogP) is 2.39. The van der Waals surface area contributed by atoms with Crippen LogP contribution in [0.2, 0.25) is 0 Å². The third kappa shape index (κ3) is 12.3. The van der Waals surface area contributed by atoms with Gasteiger partial charge in [0.2, 0.25) is 0 Å². The molecule has 0 saturated carbocycles. The van der Waals surface area contributed by atoms with Gasteiger partial charge in [0.15, 0.2) is 0 Å². The van der Waals surface area contributed by atoms with Gasteiger partial charge in [0.25, 0.3) is 0 Å². The summed E-state index contributed by atoms with van der Waals surface area (Å²) < 4.78 is 5.22. The summed E-state index contributed by atoms with van der Waals surface area (Å²) in [6.45, 7) is 10.3. The van der Waals surface area contributed by atoms with E-state index in [0.717, 1.165) is 32.2 Å². The van der Waals surface area contributed by atoms with Gasteiger partial charge in [0, 0.05) is 25.4 Å². The fraction of sp³-hybridized carbons (Fsp3) is 1.00. The zero-order chi connectivity index (χ0) is 10.6. The van der Waals surface area contributed by atoms with Gasteiger partial charge in [-0.2, -0.15) is 11.8 Å². The first-order valence-corrected chi connectivity index (χ1v) is 6.79. The molecule has 86 valence electrons. The number of nitrogens with one attached hydrogen (secondary N) is 1. The summed E-state index contributed by atoms with van der Waals surface area (Å²) in [5.74, 6) is 3.36. The normalized spacial score (nSPS) is 11.1. The summed E-state index contributed by atoms with van der Waals surface area (Å²) in [6, 6.07) is 0. The van der Waals surface area contributed by atoms with Crippen LogP contribution in [0.15, 0.2) is 0 Å². The minimum atomic E-state index is 0.824. The molecule has 0 radical (unpaired) electrons. The van der Waals surface area contributed by atoms with Gasteiger partial charge in [0.05, 0.1) is 6.61 Å². The maximum Gasteiger partial charge on any atom is 0.0590 e. The van der Waals surface area contributed by atoms with Crippen molar-refractivity contribution in [2.75, 3.05) is 37.8 Å². The summed E-state index contributed by atoms with van der Waals surface area (Å²) in [6.07, 6.45) is 1.34. The molecule has 0 fully saturated rings. The quantitative estimate of drug-likeness (QED) is 0.570. The van der Waals surface area contributed by atoms with Gasteiger partial charge in [-0.05, 0) is 25.0 Å². The second-order valence-corrected chi connectivity index (χ2v) is 4.97. The van der Waals surface area contributed by atoms with Crippen molar-refractivity contribution >= 4 is 11.8 Å². The largest absolute Gasteiger partial charge is 0.380 e. The van der Waals surface area contributed by atoms with Crippen LogP contribution in [-0.2, 0) is 4.74 Å². The molecule has 0 saturated heterocycles. The van der Waals surface area contributed by atoms with Gasteiger partial charge < -0.3 is 10.1 Å². The Kier molecular flexibility index (Phi) is 11.6. The smallest absolute Gasteiger partial charge is 0.0590 e. The molecule has 0 aromatic heterocycles. The first-order chi connectivity index (χ1) is 6.77. The maximum absolute atomic E-state index is 5.22. The summed E-state index contributed by atoms with van der Waals surface area (Å²) in [4.78, 5) is 0. The van der Waals surface area contributed by atoms with E-state index < -0.39 is 0 Å². The average molecular weight is 219 g/mol. The fourth-order valence-electron chi connectivity index (χ4n) is 0.979. The maximum atomic E-state index is 5.22. The van der Waals surface area contributed by atoms with Crippen LogP contribution in [0.1, 0.15) is 27.2 Å². The lowest BCUT2D eigenvalue weighted by atomic mass is 10.2. The fourth-order valence-corrected chi connectivity index (χ4v) is 2.11. The lowest BCUT2D eigenvalue weighted by molar-refractivity contribution is 0.150. The first kappa shape index (κ1) is 14.3. The van der Waals surface area contributed by atoms with Crippen LogP contribution in [0.4, 0.5) is 0 Å². The second-order valence-electron chi connectivity index (χ2n) is 3.74. The van der Waals surface area contributed by atoms with E-state index in [1.807, 2.05) is 18.7 Å². The molecule has 0 aromatic rings. The Bertz CT molecular complexity index is 109. The Balaban J connectivity index is 2.85. The van der Waals surface area contributed by atoms with Crippen LogP contribution >= 0.6 is 11.8 Å². The monoisotopic (exact) mass is 219 g/mol. The zero-order valence-corrected chi connectivity index (χ0v) is 10.7. The molecule has 0 unspecified atom stereocenters. The zero-order valence-electron chi connectivity index (χ0n) is 9.84. The third-order valence-electron chi connectivity index (χ3n) is 1.89. The standard InChI is InChI=1S/C11H25NOS/c1-4-13-8-6-12-7-10-14-9-5-11(2)3/h11-12H,4-10H2,1-3H3. The van der Waals surface area contributed by atoms with Crippen molar-refractivity contribution in [3.63, 3.8) is 0 Å². The van der Waals surface area contributed by atoms with Crippen molar-refractivity contribution in [2.24, 2.45) is 5.92 Å². The minimum Gasteiger partial charge on any atom is -0.380 e. The molecule has 0 aliphatic heterocycles. The molecule has 14 heavy (non-hydrogen) atoms. The van der Waals surface area contributed by atoms with E-state index in [4.69, 9.17) is 4.74 Å². The molecule has 0 heterocycles. The van der Waals surface area contributed by atoms with E-state index in [0.29, 0.717) is 0 Å². The SMILES string of the molecule is CCOCCNCCSCCC(C)C. The molecule has 3 heteroatoms. The van der Waals surface area contributed by atoms with Crippen LogP contribution in [-0.4, -0.2) is 37.8 Å². The molecule has 0 spiro atoms. The lowest BCUT2D eigenvalue weighted by Gasteiger charge is -2.06. The van der Waals surface area contributed by atoms with E-state index in [1.54, 1.807) is 0 Å². The van der Waals surface area contributed by atoms with Crippen LogP contribution in [0, 0.1) is 5.92 Å². The number of rotatable bonds is 10. The Morgan fingerprint density at radius 1 is 1.21 bits per heavy atom. The van der Waals surface area contributed by atoms with Gasteiger partial charge in [-0.1, -0.05) is 13.8 Å². The minimum absolute atomic E-state index is 0.824. The average Bonchev–Trinajstić information content (AvgIpc) is 2.15. The Morgan fingerprint density at radius 2 is 2.00 bits per heavy atom. The summed E-state index contributed by atoms with van der Waals surface area (Å²) in [5.41, 5.74) is 0. The van der Waals surface area contributed by atoms with Gasteiger partial charge in [-0.3, -0.25) is 0 Å². The lowest BCUT2D eigenvalue weighted by Crippen LogP contribution is -2.22. The van der Waals surface area contributed by atoms with Crippen molar-refractivity contribution in [3.8, 4) is 0 Å². The van der Waals surface area contributed by atoms with Crippen LogP contribution in [0.5, 0.6) is 0 Å². The Morgan fingerprint density at radius 3 is 2.64 bits per heavy atom. The number of thioether (sulfide) groups is 1. The van der Waals surface area contributed by atoms with Crippen LogP contribution < -0.4 is 5.32 Å². The highest BCUT2D eigenvalue weighted by atomic mass is 32.2. The second kappa shape index (κ2) is 11.3. The molecule has 0 aromatic carbocycles. The summed E-state index contributed by atoms with van der Waals surface area (Å²) >= 11 is 2.04. The van der Waals surface area contributed by atoms with Crippen molar-refractivity contribution in [1.29, 1.82) is 0 Å². The van der Waals surface area contributed by atoms with Crippen molar-refractivity contribution in [3.05, 3.63) is 0 Å². The van der Waals surface area contributed by atoms with Gasteiger partial charge in [-0.15, -0.1) is 0 Å². The summed E-state index contributed by atoms with van der Waals surface area (Å²) in [7, 11) is 0. The van der Waals surface area contributed by atoms with E-state index in [9.17, 15) is 0 Å². The molecule has 1 N–H and O–H groups in total. The van der Waals surface area contributed by atoms with E-state index in [-0.39, 0.29) is 0 Å². The molecule has 2 nitrogen and oxygen atoms in total. The number of ether oxygens (including phenoxy) is 1. The molecule has 0 aliphatic carbocycles. The summed E-state index contributed by atoms with van der Waals surface area (Å²) in [5, 5.41) is 3.36. The topological polar surface area (TPSA) is 21.3 Å². The highest BCUT2D eigenvalue weighted by Gasteiger charge is 1.94. The molecule has 0 rings (SSSR count). The van der Waals surface area contributed by atoms with Gasteiger partial charge >= 0.3 is 0 Å². The highest BCUT2D eigenvalue weighted by molar-refractivity contribution is 7.99. The van der Waals surface area contributed by atoms with E-state index in [2.05, 4.69) is 19.2 Å². The van der Waals surface area contributed by atoms with Crippen molar-refractivity contribution in [2.45, 2.75) is 27.2 Å². The highest BCUT2D eigenvalue weighted by Crippen LogP contribution is 2.07. The van der Waals surface area contributed by atoms with Crippen molar-refractivity contribution in [1.82, 2.24) is 5.32 Å². The molecule has 0 amide bonds. The van der Waals surface area contributed by atoms with Gasteiger partial charge in [0.1, 0.15) is 0 Å². The molecule has 0 atom stereocenters. The third-order valence-corrected chi connectivity index (χ3v) is 2.91. The molecule has 0 bridgehead atoms. The number of hydrogen-bond acceptors (Lipinski definition) is 3. The molecular weight excluding hydrogens is 194 g/mol. The van der Waals surface area contributed by atoms with Crippen LogP contribution in [0.25, 0.3) is 0 Å². The van der Waals surface area contributed by atoms with Crippen molar-refractivity contribution < 1.29 is 4.74 Å². The Labute approximate surface area is 93.2 Å². The van der Waals surface area contributed by atoms with E-state index in [1.165, 1.54) is 17.9 Å². The van der Waals surface area contributed by atoms with Gasteiger partial charge in [-0.25, -0.2) is 0 Å². The first-order valence-electron chi connectivity index (χ1n) is 5.63. The predicted molar refractivity (Wildman–Crippen MR) is 66.1 cm³/mol. The molecule has 0 aliphatic rings. The number of hydrogen-bond donors (Lipinski definition) is 1. The van der Waals surface area contributed by atoms with Crippen LogP contribution in [0.3, 0.4) is 0 Å².